The van der Waals surface area contributed by atoms with Crippen LogP contribution >= 0.6 is 0 Å². The topological polar surface area (TPSA) is 193 Å². The van der Waals surface area contributed by atoms with Crippen LogP contribution in [0.15, 0.2) is 84.9 Å². The zero-order valence-electron chi connectivity index (χ0n) is 28.2. The highest BCUT2D eigenvalue weighted by atomic mass is 19.4. The molecule has 1 saturated heterocycles. The summed E-state index contributed by atoms with van der Waals surface area (Å²) in [4.78, 5) is 39.7. The van der Waals surface area contributed by atoms with Gasteiger partial charge in [-0.2, -0.15) is 31.6 Å². The van der Waals surface area contributed by atoms with E-state index in [-0.39, 0.29) is 23.0 Å². The zero-order valence-corrected chi connectivity index (χ0v) is 28.2. The second kappa shape index (κ2) is 19.0. The molecule has 54 heavy (non-hydrogen) atoms. The number of pyridine rings is 1. The van der Waals surface area contributed by atoms with E-state index in [0.717, 1.165) is 38.3 Å². The summed E-state index contributed by atoms with van der Waals surface area (Å²) in [6.45, 7) is 5.50. The van der Waals surface area contributed by atoms with Crippen molar-refractivity contribution in [3.63, 3.8) is 0 Å². The van der Waals surface area contributed by atoms with E-state index >= 15 is 0 Å². The number of nitrogens with one attached hydrogen (secondary N) is 1. The number of aromatic nitrogens is 1. The molecule has 1 amide bonds. The van der Waals surface area contributed by atoms with Crippen LogP contribution in [0.4, 0.5) is 37.8 Å². The highest BCUT2D eigenvalue weighted by Gasteiger charge is 2.39. The molecule has 0 saturated carbocycles. The highest BCUT2D eigenvalue weighted by molar-refractivity contribution is 5.92. The van der Waals surface area contributed by atoms with E-state index in [2.05, 4.69) is 50.4 Å². The minimum absolute atomic E-state index is 0.0616. The fourth-order valence-corrected chi connectivity index (χ4v) is 5.00. The van der Waals surface area contributed by atoms with Crippen molar-refractivity contribution < 1.29 is 56.0 Å². The third-order valence-corrected chi connectivity index (χ3v) is 7.65. The van der Waals surface area contributed by atoms with Gasteiger partial charge in [-0.1, -0.05) is 54.6 Å². The molecule has 0 atom stereocenters. The number of nitriles is 1. The Hall–Kier alpha value is -6.19. The molecule has 0 aliphatic carbocycles. The molecule has 4 aromatic rings. The number of rotatable bonds is 8. The van der Waals surface area contributed by atoms with E-state index in [1.807, 2.05) is 30.3 Å². The van der Waals surface area contributed by atoms with E-state index in [1.54, 1.807) is 30.3 Å². The summed E-state index contributed by atoms with van der Waals surface area (Å²) in [5.74, 6) is -5.42. The lowest BCUT2D eigenvalue weighted by Crippen LogP contribution is -2.46. The lowest BCUT2D eigenvalue weighted by Gasteiger charge is -2.34. The van der Waals surface area contributed by atoms with Gasteiger partial charge in [0.25, 0.3) is 0 Å². The van der Waals surface area contributed by atoms with E-state index < -0.39 is 24.3 Å². The molecule has 3 aromatic carbocycles. The van der Waals surface area contributed by atoms with Gasteiger partial charge in [0, 0.05) is 62.5 Å². The van der Waals surface area contributed by atoms with Crippen LogP contribution in [0.1, 0.15) is 17.5 Å². The van der Waals surface area contributed by atoms with Crippen LogP contribution in [0.3, 0.4) is 0 Å². The summed E-state index contributed by atoms with van der Waals surface area (Å²) in [7, 11) is 0. The third-order valence-electron chi connectivity index (χ3n) is 7.65. The number of hydrogen-bond acceptors (Lipinski definition) is 9. The van der Waals surface area contributed by atoms with Gasteiger partial charge in [0.15, 0.2) is 0 Å². The fourth-order valence-electron chi connectivity index (χ4n) is 5.00. The van der Waals surface area contributed by atoms with Gasteiger partial charge >= 0.3 is 24.3 Å². The number of piperazine rings is 1. The lowest BCUT2D eigenvalue weighted by molar-refractivity contribution is -0.193. The Bertz CT molecular complexity index is 1920. The van der Waals surface area contributed by atoms with Crippen LogP contribution in [0.25, 0.3) is 22.4 Å². The van der Waals surface area contributed by atoms with Crippen molar-refractivity contribution in [2.75, 3.05) is 43.8 Å². The molecule has 5 rings (SSSR count). The van der Waals surface area contributed by atoms with Crippen LogP contribution in [0.2, 0.25) is 0 Å². The van der Waals surface area contributed by atoms with Crippen molar-refractivity contribution in [3.8, 4) is 34.2 Å². The summed E-state index contributed by atoms with van der Waals surface area (Å²) in [5, 5.41) is 37.3. The van der Waals surface area contributed by atoms with Gasteiger partial charge in [0.2, 0.25) is 5.91 Å². The molecule has 1 aromatic heterocycles. The van der Waals surface area contributed by atoms with E-state index in [9.17, 15) is 41.5 Å². The summed E-state index contributed by atoms with van der Waals surface area (Å²) in [6.07, 6.45) is -9.77. The third kappa shape index (κ3) is 13.1. The summed E-state index contributed by atoms with van der Waals surface area (Å²) < 4.78 is 63.5. The summed E-state index contributed by atoms with van der Waals surface area (Å²) >= 11 is 0. The minimum Gasteiger partial charge on any atom is -0.507 e. The number of nitrogens with two attached hydrogens (primary N) is 1. The molecule has 0 radical (unpaired) electrons. The van der Waals surface area contributed by atoms with Crippen molar-refractivity contribution >= 4 is 29.4 Å². The molecule has 0 spiro atoms. The van der Waals surface area contributed by atoms with Crippen molar-refractivity contribution in [2.45, 2.75) is 25.3 Å². The van der Waals surface area contributed by atoms with Crippen LogP contribution in [0, 0.1) is 11.3 Å². The Morgan fingerprint density at radius 2 is 1.35 bits per heavy atom. The number of amides is 1. The van der Waals surface area contributed by atoms with Crippen molar-refractivity contribution in [1.29, 1.82) is 5.26 Å². The first-order valence-electron chi connectivity index (χ1n) is 15.9. The van der Waals surface area contributed by atoms with Gasteiger partial charge in [-0.3, -0.25) is 9.69 Å². The van der Waals surface area contributed by atoms with E-state index in [0.29, 0.717) is 35.5 Å². The molecule has 18 heteroatoms. The number of alkyl halides is 6. The minimum atomic E-state index is -5.08. The molecular formula is C36H34F6N6O6. The Labute approximate surface area is 304 Å². The monoisotopic (exact) mass is 760 g/mol. The van der Waals surface area contributed by atoms with Crippen LogP contribution in [-0.2, 0) is 20.9 Å². The van der Waals surface area contributed by atoms with Crippen LogP contribution < -0.4 is 11.1 Å². The average Bonchev–Trinajstić information content (AvgIpc) is 3.11. The number of carboxylic acids is 2. The van der Waals surface area contributed by atoms with Gasteiger partial charge in [0.05, 0.1) is 5.69 Å². The molecule has 1 aliphatic heterocycles. The number of hydrogen-bond donors (Lipinski definition) is 5. The number of carbonyl (C=O) groups is 3. The number of nitrogen functional groups attached to an aromatic ring is 1. The number of para-hydroxylation sites is 1. The second-order valence-electron chi connectivity index (χ2n) is 11.5. The SMILES string of the molecule is N#Cc1c(-c2cccc(NC(=O)CCN3CCN(Cc4ccccc4)CC3)c2)cc(-c2ccccc2O)nc1N.O=C(O)C(F)(F)F.O=C(O)C(F)(F)F. The second-order valence-corrected chi connectivity index (χ2v) is 11.5. The Balaban J connectivity index is 0.000000476. The average molecular weight is 761 g/mol. The number of nitrogens with zero attached hydrogens (tertiary/aromatic N) is 4. The Morgan fingerprint density at radius 1 is 0.796 bits per heavy atom. The lowest BCUT2D eigenvalue weighted by atomic mass is 9.97. The molecule has 12 nitrogen and oxygen atoms in total. The van der Waals surface area contributed by atoms with Gasteiger partial charge < -0.3 is 31.3 Å². The van der Waals surface area contributed by atoms with Crippen LogP contribution in [-0.4, -0.2) is 93.0 Å². The van der Waals surface area contributed by atoms with Crippen molar-refractivity contribution in [2.24, 2.45) is 0 Å². The van der Waals surface area contributed by atoms with E-state index in [4.69, 9.17) is 25.5 Å². The van der Waals surface area contributed by atoms with Crippen molar-refractivity contribution in [1.82, 2.24) is 14.8 Å². The van der Waals surface area contributed by atoms with Gasteiger partial charge in [-0.15, -0.1) is 0 Å². The number of phenols is 1. The number of aliphatic carboxylic acids is 2. The number of benzene rings is 3. The largest absolute Gasteiger partial charge is 0.507 e. The number of phenolic OH excluding ortho intramolecular Hbond substituents is 1. The highest BCUT2D eigenvalue weighted by Crippen LogP contribution is 2.35. The van der Waals surface area contributed by atoms with Crippen LogP contribution in [0.5, 0.6) is 5.75 Å². The molecule has 0 bridgehead atoms. The molecule has 6 N–H and O–H groups in total. The molecule has 1 aliphatic rings. The molecule has 2 heterocycles. The van der Waals surface area contributed by atoms with Crippen molar-refractivity contribution in [3.05, 3.63) is 96.1 Å². The first-order chi connectivity index (χ1) is 25.4. The van der Waals surface area contributed by atoms with E-state index in [1.165, 1.54) is 5.56 Å². The summed E-state index contributed by atoms with van der Waals surface area (Å²) in [6, 6.07) is 28.5. The standard InChI is InChI=1S/C32H32N6O2.2C2HF3O2/c33-21-28-27(20-29(36-32(28)34)26-11-4-5-12-30(26)39)24-9-6-10-25(19-24)35-31(40)13-14-37-15-17-38(18-16-37)22-23-7-2-1-3-8-23;2*3-2(4,5)1(6)7/h1-12,19-20,39H,13-18,22H2,(H2,34,36)(H,35,40);2*(H,6,7). The molecular weight excluding hydrogens is 726 g/mol. The number of aromatic hydroxyl groups is 1. The molecule has 0 unspecified atom stereocenters. The molecule has 1 fully saturated rings. The number of halogens is 6. The molecule has 286 valence electrons. The maximum Gasteiger partial charge on any atom is 0.490 e. The Kier molecular flexibility index (Phi) is 14.9. The first kappa shape index (κ1) is 42.2. The van der Waals surface area contributed by atoms with Gasteiger partial charge in [0.1, 0.15) is 23.2 Å². The number of carbonyl (C=O) groups excluding carboxylic acids is 1. The number of carboxylic acid groups (broad SMARTS) is 2. The maximum absolute atomic E-state index is 12.8. The zero-order chi connectivity index (χ0) is 40.1. The normalized spacial score (nSPS) is 13.3. The fraction of sp³-hybridized carbons (Fsp3) is 0.250. The quantitative estimate of drug-likeness (QED) is 0.133. The Morgan fingerprint density at radius 3 is 1.91 bits per heavy atom. The van der Waals surface area contributed by atoms with Gasteiger partial charge in [-0.25, -0.2) is 14.6 Å². The first-order valence-corrected chi connectivity index (χ1v) is 15.9. The van der Waals surface area contributed by atoms with Gasteiger partial charge in [-0.05, 0) is 41.5 Å². The maximum atomic E-state index is 12.8. The summed E-state index contributed by atoms with van der Waals surface area (Å²) in [5.41, 5.74) is 10.6. The predicted octanol–water partition coefficient (Wildman–Crippen LogP) is 5.99. The predicted molar refractivity (Wildman–Crippen MR) is 185 cm³/mol. The number of anilines is 2. The smallest absolute Gasteiger partial charge is 0.490 e.